The SMILES string of the molecule is COc1ccccc1N1C(=O)[C@@H]2[C@H](C1=O)[C@@H](C(=O)c1ccc(Br)cc1)N1c3cc(Cl)ccc3C=C[C@H]21. The zero-order chi connectivity index (χ0) is 25.1. The van der Waals surface area contributed by atoms with Crippen LogP contribution < -0.4 is 14.5 Å². The van der Waals surface area contributed by atoms with Crippen molar-refractivity contribution in [1.29, 1.82) is 0 Å². The zero-order valence-corrected chi connectivity index (χ0v) is 21.4. The van der Waals surface area contributed by atoms with E-state index in [9.17, 15) is 14.4 Å². The number of imide groups is 1. The summed E-state index contributed by atoms with van der Waals surface area (Å²) in [6, 6.07) is 18.1. The lowest BCUT2D eigenvalue weighted by atomic mass is 9.86. The highest BCUT2D eigenvalue weighted by atomic mass is 79.9. The van der Waals surface area contributed by atoms with E-state index in [1.54, 1.807) is 60.7 Å². The van der Waals surface area contributed by atoms with Crippen LogP contribution in [0.15, 0.2) is 77.3 Å². The second-order valence-electron chi connectivity index (χ2n) is 9.01. The normalized spacial score (nSPS) is 24.0. The van der Waals surface area contributed by atoms with Crippen molar-refractivity contribution < 1.29 is 19.1 Å². The number of Topliss-reactive ketones (excluding diaryl/α,β-unsaturated/α-hetero) is 1. The molecule has 0 spiro atoms. The standard InChI is InChI=1S/C28H20BrClN2O4/c1-36-22-5-3-2-4-19(22)32-27(34)23-20-13-9-15-8-12-18(30)14-21(15)31(20)25(24(23)28(32)35)26(33)16-6-10-17(29)11-7-16/h2-14,20,23-25H,1H3/t20-,23+,24+,25+/m1/s1. The molecular formula is C28H20BrClN2O4. The molecule has 0 N–H and O–H groups in total. The Labute approximate surface area is 221 Å². The van der Waals surface area contributed by atoms with Crippen LogP contribution in [-0.4, -0.2) is 36.8 Å². The molecule has 0 saturated carbocycles. The van der Waals surface area contributed by atoms with Crippen molar-refractivity contribution in [2.24, 2.45) is 11.8 Å². The van der Waals surface area contributed by atoms with Crippen molar-refractivity contribution in [3.8, 4) is 5.75 Å². The average Bonchev–Trinajstić information content (AvgIpc) is 3.36. The molecular weight excluding hydrogens is 544 g/mol. The summed E-state index contributed by atoms with van der Waals surface area (Å²) in [5.74, 6) is -2.14. The molecule has 0 unspecified atom stereocenters. The predicted octanol–water partition coefficient (Wildman–Crippen LogP) is 5.38. The van der Waals surface area contributed by atoms with Crippen LogP contribution in [0.3, 0.4) is 0 Å². The summed E-state index contributed by atoms with van der Waals surface area (Å²) in [6.45, 7) is 0. The van der Waals surface area contributed by atoms with Gasteiger partial charge in [-0.25, -0.2) is 4.90 Å². The third kappa shape index (κ3) is 3.33. The minimum absolute atomic E-state index is 0.218. The number of nitrogens with zero attached hydrogens (tertiary/aromatic N) is 2. The van der Waals surface area contributed by atoms with Crippen molar-refractivity contribution in [2.75, 3.05) is 16.9 Å². The highest BCUT2D eigenvalue weighted by Gasteiger charge is 2.64. The summed E-state index contributed by atoms with van der Waals surface area (Å²) in [7, 11) is 1.50. The van der Waals surface area contributed by atoms with E-state index in [2.05, 4.69) is 15.9 Å². The molecule has 0 aliphatic carbocycles. The number of carbonyl (C=O) groups excluding carboxylic acids is 3. The number of para-hydroxylation sites is 2. The van der Waals surface area contributed by atoms with Gasteiger partial charge in [0.15, 0.2) is 5.78 Å². The van der Waals surface area contributed by atoms with E-state index >= 15 is 0 Å². The van der Waals surface area contributed by atoms with Crippen LogP contribution >= 0.6 is 27.5 Å². The van der Waals surface area contributed by atoms with Crippen LogP contribution in [-0.2, 0) is 9.59 Å². The van der Waals surface area contributed by atoms with Crippen molar-refractivity contribution in [3.05, 3.63) is 93.4 Å². The molecule has 0 radical (unpaired) electrons. The predicted molar refractivity (Wildman–Crippen MR) is 141 cm³/mol. The van der Waals surface area contributed by atoms with E-state index in [1.165, 1.54) is 12.0 Å². The van der Waals surface area contributed by atoms with Gasteiger partial charge in [-0.3, -0.25) is 14.4 Å². The second-order valence-corrected chi connectivity index (χ2v) is 10.4. The summed E-state index contributed by atoms with van der Waals surface area (Å²) < 4.78 is 6.28. The molecule has 2 fully saturated rings. The molecule has 36 heavy (non-hydrogen) atoms. The topological polar surface area (TPSA) is 66.9 Å². The molecule has 3 aliphatic heterocycles. The highest BCUT2D eigenvalue weighted by molar-refractivity contribution is 9.10. The third-order valence-electron chi connectivity index (χ3n) is 7.19. The van der Waals surface area contributed by atoms with Gasteiger partial charge in [0.25, 0.3) is 0 Å². The molecule has 8 heteroatoms. The summed E-state index contributed by atoms with van der Waals surface area (Å²) in [5, 5.41) is 0.517. The minimum Gasteiger partial charge on any atom is -0.495 e. The molecule has 3 heterocycles. The molecule has 0 bridgehead atoms. The fourth-order valence-electron chi connectivity index (χ4n) is 5.67. The van der Waals surface area contributed by atoms with Gasteiger partial charge in [-0.15, -0.1) is 0 Å². The Morgan fingerprint density at radius 1 is 0.944 bits per heavy atom. The third-order valence-corrected chi connectivity index (χ3v) is 7.96. The molecule has 6 rings (SSSR count). The number of anilines is 2. The maximum Gasteiger partial charge on any atom is 0.240 e. The Balaban J connectivity index is 1.51. The average molecular weight is 564 g/mol. The van der Waals surface area contributed by atoms with Crippen LogP contribution in [0.4, 0.5) is 11.4 Å². The molecule has 4 atom stereocenters. The maximum atomic E-state index is 14.0. The largest absolute Gasteiger partial charge is 0.495 e. The number of rotatable bonds is 4. The number of hydrogen-bond acceptors (Lipinski definition) is 5. The Hall–Kier alpha value is -3.42. The molecule has 3 aromatic rings. The molecule has 2 amide bonds. The van der Waals surface area contributed by atoms with Gasteiger partial charge < -0.3 is 9.64 Å². The number of halogens is 2. The summed E-state index contributed by atoms with van der Waals surface area (Å²) in [5.41, 5.74) is 2.47. The van der Waals surface area contributed by atoms with E-state index in [-0.39, 0.29) is 11.7 Å². The van der Waals surface area contributed by atoms with E-state index in [1.807, 2.05) is 23.1 Å². The first-order valence-electron chi connectivity index (χ1n) is 11.5. The lowest BCUT2D eigenvalue weighted by Crippen LogP contribution is -2.48. The number of hydrogen-bond donors (Lipinski definition) is 0. The number of fused-ring (bicyclic) bond motifs is 5. The second kappa shape index (κ2) is 8.61. The highest BCUT2D eigenvalue weighted by Crippen LogP contribution is 2.51. The Bertz CT molecular complexity index is 1450. The van der Waals surface area contributed by atoms with Gasteiger partial charge in [-0.1, -0.05) is 70.0 Å². The lowest BCUT2D eigenvalue weighted by Gasteiger charge is -2.36. The van der Waals surface area contributed by atoms with Gasteiger partial charge in [0.1, 0.15) is 11.8 Å². The quantitative estimate of drug-likeness (QED) is 0.315. The molecule has 0 aromatic heterocycles. The van der Waals surface area contributed by atoms with Gasteiger partial charge in [-0.2, -0.15) is 0 Å². The van der Waals surface area contributed by atoms with Gasteiger partial charge in [-0.05, 0) is 42.0 Å². The summed E-state index contributed by atoms with van der Waals surface area (Å²) in [6.07, 6.45) is 3.85. The van der Waals surface area contributed by atoms with Crippen LogP contribution in [0.2, 0.25) is 5.02 Å². The Kier molecular flexibility index (Phi) is 5.50. The number of benzene rings is 3. The van der Waals surface area contributed by atoms with Crippen molar-refractivity contribution >= 4 is 62.6 Å². The summed E-state index contributed by atoms with van der Waals surface area (Å²) >= 11 is 9.76. The van der Waals surface area contributed by atoms with E-state index in [4.69, 9.17) is 16.3 Å². The van der Waals surface area contributed by atoms with Gasteiger partial charge in [0, 0.05) is 20.7 Å². The van der Waals surface area contributed by atoms with Gasteiger partial charge >= 0.3 is 0 Å². The number of ether oxygens (including phenoxy) is 1. The van der Waals surface area contributed by atoms with Crippen LogP contribution in [0.5, 0.6) is 5.75 Å². The van der Waals surface area contributed by atoms with E-state index in [0.717, 1.165) is 15.7 Å². The van der Waals surface area contributed by atoms with Crippen molar-refractivity contribution in [2.45, 2.75) is 12.1 Å². The maximum absolute atomic E-state index is 14.0. The fourth-order valence-corrected chi connectivity index (χ4v) is 6.10. The molecule has 3 aromatic carbocycles. The zero-order valence-electron chi connectivity index (χ0n) is 19.1. The fraction of sp³-hybridized carbons (Fsp3) is 0.179. The van der Waals surface area contributed by atoms with Crippen LogP contribution in [0, 0.1) is 11.8 Å². The molecule has 6 nitrogen and oxygen atoms in total. The van der Waals surface area contributed by atoms with E-state index in [0.29, 0.717) is 22.0 Å². The van der Waals surface area contributed by atoms with Gasteiger partial charge in [0.05, 0.1) is 30.7 Å². The monoisotopic (exact) mass is 562 g/mol. The van der Waals surface area contributed by atoms with Gasteiger partial charge in [0.2, 0.25) is 11.8 Å². The minimum atomic E-state index is -0.875. The number of ketones is 1. The number of amides is 2. The first kappa shape index (κ1) is 23.0. The summed E-state index contributed by atoms with van der Waals surface area (Å²) in [4.78, 5) is 45.0. The van der Waals surface area contributed by atoms with Crippen molar-refractivity contribution in [1.82, 2.24) is 0 Å². The number of carbonyl (C=O) groups is 3. The molecule has 3 aliphatic rings. The molecule has 2 saturated heterocycles. The smallest absolute Gasteiger partial charge is 0.240 e. The van der Waals surface area contributed by atoms with Crippen LogP contribution in [0.1, 0.15) is 15.9 Å². The van der Waals surface area contributed by atoms with Crippen molar-refractivity contribution in [3.63, 3.8) is 0 Å². The van der Waals surface area contributed by atoms with E-state index < -0.39 is 29.8 Å². The molecule has 180 valence electrons. The Morgan fingerprint density at radius 3 is 2.42 bits per heavy atom. The van der Waals surface area contributed by atoms with Crippen LogP contribution in [0.25, 0.3) is 6.08 Å². The first-order chi connectivity index (χ1) is 17.4. The lowest BCUT2D eigenvalue weighted by molar-refractivity contribution is -0.122. The first-order valence-corrected chi connectivity index (χ1v) is 12.6. The number of methoxy groups -OCH3 is 1. The Morgan fingerprint density at radius 2 is 1.67 bits per heavy atom.